The van der Waals surface area contributed by atoms with Crippen molar-refractivity contribution < 1.29 is 5.21 Å². The fourth-order valence-corrected chi connectivity index (χ4v) is 6.55. The van der Waals surface area contributed by atoms with Gasteiger partial charge in [0, 0.05) is 5.92 Å². The molecule has 0 heterocycles. The molecule has 0 aromatic rings. The van der Waals surface area contributed by atoms with E-state index in [4.69, 9.17) is 0 Å². The van der Waals surface area contributed by atoms with Gasteiger partial charge in [-0.15, -0.1) is 0 Å². The zero-order valence-electron chi connectivity index (χ0n) is 15.0. The molecule has 4 fully saturated rings. The molecule has 6 atom stereocenters. The quantitative estimate of drug-likeness (QED) is 0.488. The molecule has 1 N–H and O–H groups in total. The van der Waals surface area contributed by atoms with E-state index in [9.17, 15) is 5.21 Å². The Morgan fingerprint density at radius 2 is 1.59 bits per heavy atom. The second-order valence-electron chi connectivity index (χ2n) is 9.78. The van der Waals surface area contributed by atoms with E-state index < -0.39 is 0 Å². The minimum Gasteiger partial charge on any atom is -0.411 e. The first-order valence-corrected chi connectivity index (χ1v) is 9.16. The molecular formula is C20H31NO. The van der Waals surface area contributed by atoms with Crippen molar-refractivity contribution in [3.05, 3.63) is 11.1 Å². The maximum Gasteiger partial charge on any atom is 0.0864 e. The topological polar surface area (TPSA) is 32.6 Å². The molecule has 0 amide bonds. The summed E-state index contributed by atoms with van der Waals surface area (Å²) in [6.07, 6.45) is 3.82. The summed E-state index contributed by atoms with van der Waals surface area (Å²) in [5.74, 6) is 4.04. The molecule has 22 heavy (non-hydrogen) atoms. The molecule has 0 aromatic carbocycles. The third kappa shape index (κ3) is 1.50. The number of hydrogen-bond acceptors (Lipinski definition) is 2. The number of rotatable bonds is 0. The maximum absolute atomic E-state index is 9.70. The Bertz CT molecular complexity index is 579. The molecule has 0 saturated heterocycles. The second-order valence-corrected chi connectivity index (χ2v) is 9.78. The molecule has 0 radical (unpaired) electrons. The van der Waals surface area contributed by atoms with Crippen LogP contribution in [0.15, 0.2) is 16.3 Å². The minimum atomic E-state index is 0.349. The lowest BCUT2D eigenvalue weighted by molar-refractivity contribution is 0.160. The molecule has 4 saturated carbocycles. The van der Waals surface area contributed by atoms with E-state index in [0.717, 1.165) is 23.5 Å². The van der Waals surface area contributed by atoms with Gasteiger partial charge in [0.25, 0.3) is 0 Å². The lowest BCUT2D eigenvalue weighted by Crippen LogP contribution is -2.37. The van der Waals surface area contributed by atoms with Crippen molar-refractivity contribution in [2.45, 2.75) is 60.8 Å². The summed E-state index contributed by atoms with van der Waals surface area (Å²) in [6, 6.07) is 0. The fraction of sp³-hybridized carbons (Fsp3) is 0.850. The molecule has 122 valence electrons. The van der Waals surface area contributed by atoms with E-state index in [1.807, 2.05) is 0 Å². The summed E-state index contributed by atoms with van der Waals surface area (Å²) in [5, 5.41) is 13.5. The Morgan fingerprint density at radius 1 is 0.955 bits per heavy atom. The van der Waals surface area contributed by atoms with Gasteiger partial charge < -0.3 is 5.21 Å². The highest BCUT2D eigenvalue weighted by Crippen LogP contribution is 2.66. The largest absolute Gasteiger partial charge is 0.411 e. The molecule has 4 rings (SSSR count). The average Bonchev–Trinajstić information content (AvgIpc) is 3.14. The summed E-state index contributed by atoms with van der Waals surface area (Å²) in [4.78, 5) is 0. The summed E-state index contributed by atoms with van der Waals surface area (Å²) in [6.45, 7) is 14.6. The maximum atomic E-state index is 9.70. The van der Waals surface area contributed by atoms with Gasteiger partial charge in [0.1, 0.15) is 0 Å². The summed E-state index contributed by atoms with van der Waals surface area (Å²) in [5.41, 5.74) is 5.06. The smallest absolute Gasteiger partial charge is 0.0864 e. The molecular weight excluding hydrogens is 270 g/mol. The normalized spacial score (nSPS) is 52.9. The van der Waals surface area contributed by atoms with Crippen molar-refractivity contribution in [1.82, 2.24) is 0 Å². The van der Waals surface area contributed by atoms with Crippen LogP contribution in [-0.4, -0.2) is 10.9 Å². The van der Waals surface area contributed by atoms with Gasteiger partial charge in [0.15, 0.2) is 0 Å². The van der Waals surface area contributed by atoms with E-state index >= 15 is 0 Å². The predicted octanol–water partition coefficient (Wildman–Crippen LogP) is 5.13. The first-order chi connectivity index (χ1) is 10.2. The second kappa shape index (κ2) is 4.19. The Balaban J connectivity index is 1.81. The van der Waals surface area contributed by atoms with Crippen LogP contribution in [0.3, 0.4) is 0 Å². The zero-order valence-corrected chi connectivity index (χ0v) is 15.0. The van der Waals surface area contributed by atoms with Gasteiger partial charge >= 0.3 is 0 Å². The van der Waals surface area contributed by atoms with Gasteiger partial charge in [-0.2, -0.15) is 0 Å². The monoisotopic (exact) mass is 301 g/mol. The minimum absolute atomic E-state index is 0.349. The molecule has 4 aliphatic rings. The number of nitrogens with zero attached hydrogens (tertiary/aromatic N) is 1. The highest BCUT2D eigenvalue weighted by Gasteiger charge is 2.60. The predicted molar refractivity (Wildman–Crippen MR) is 89.9 cm³/mol. The standard InChI is InChI=1S/C20H31NO/c1-10-13-7-12(19(10,3)4)8-15(13)17-16-9-14(18(17)21-22)11(2)20(16,5)6/h10-14,16,22H,7-9H2,1-6H3/t10-,11+,12+,13+,14+,16+/m0/s1. The Labute approximate surface area is 135 Å². The van der Waals surface area contributed by atoms with Crippen molar-refractivity contribution >= 4 is 5.71 Å². The van der Waals surface area contributed by atoms with E-state index in [1.165, 1.54) is 24.8 Å². The van der Waals surface area contributed by atoms with Crippen LogP contribution < -0.4 is 0 Å². The van der Waals surface area contributed by atoms with Crippen molar-refractivity contribution in [3.63, 3.8) is 0 Å². The Kier molecular flexibility index (Phi) is 2.81. The third-order valence-electron chi connectivity index (χ3n) is 8.88. The van der Waals surface area contributed by atoms with Gasteiger partial charge in [-0.1, -0.05) is 52.3 Å². The van der Waals surface area contributed by atoms with Crippen molar-refractivity contribution in [2.75, 3.05) is 0 Å². The van der Waals surface area contributed by atoms with Crippen molar-refractivity contribution in [2.24, 2.45) is 51.5 Å². The molecule has 4 aliphatic carbocycles. The SMILES string of the molecule is C[C@@H]1[C@H]2C[C@H](C(=C3C[C@H]4C[C@@H]3[C@H](C)C4(C)C)C2=NO)C1(C)C. The molecule has 0 unspecified atom stereocenters. The molecule has 0 spiro atoms. The van der Waals surface area contributed by atoms with Crippen LogP contribution >= 0.6 is 0 Å². The van der Waals surface area contributed by atoms with Crippen molar-refractivity contribution in [3.8, 4) is 0 Å². The highest BCUT2D eigenvalue weighted by atomic mass is 16.4. The number of allylic oxidation sites excluding steroid dienone is 2. The fourth-order valence-electron chi connectivity index (χ4n) is 6.55. The lowest BCUT2D eigenvalue weighted by atomic mass is 9.62. The van der Waals surface area contributed by atoms with Gasteiger partial charge in [-0.05, 0) is 65.3 Å². The molecule has 2 nitrogen and oxygen atoms in total. The van der Waals surface area contributed by atoms with E-state index in [0.29, 0.717) is 28.6 Å². The number of oxime groups is 1. The third-order valence-corrected chi connectivity index (χ3v) is 8.88. The number of fused-ring (bicyclic) bond motifs is 4. The highest BCUT2D eigenvalue weighted by molar-refractivity contribution is 6.06. The van der Waals surface area contributed by atoms with Crippen LogP contribution in [0.4, 0.5) is 0 Å². The average molecular weight is 301 g/mol. The van der Waals surface area contributed by atoms with Crippen LogP contribution in [0.5, 0.6) is 0 Å². The first-order valence-electron chi connectivity index (χ1n) is 9.16. The van der Waals surface area contributed by atoms with Gasteiger partial charge in [0.05, 0.1) is 5.71 Å². The van der Waals surface area contributed by atoms with Crippen LogP contribution in [0.1, 0.15) is 60.8 Å². The first kappa shape index (κ1) is 14.8. The van der Waals surface area contributed by atoms with Gasteiger partial charge in [-0.25, -0.2) is 0 Å². The van der Waals surface area contributed by atoms with Crippen LogP contribution in [0.25, 0.3) is 0 Å². The van der Waals surface area contributed by atoms with E-state index in [-0.39, 0.29) is 0 Å². The molecule has 2 heteroatoms. The molecule has 0 aromatic heterocycles. The molecule has 4 bridgehead atoms. The summed E-state index contributed by atoms with van der Waals surface area (Å²) in [7, 11) is 0. The summed E-state index contributed by atoms with van der Waals surface area (Å²) >= 11 is 0. The molecule has 0 aliphatic heterocycles. The van der Waals surface area contributed by atoms with Crippen LogP contribution in [0.2, 0.25) is 0 Å². The van der Waals surface area contributed by atoms with E-state index in [2.05, 4.69) is 46.7 Å². The van der Waals surface area contributed by atoms with Gasteiger partial charge in [-0.3, -0.25) is 0 Å². The number of hydrogen-bond donors (Lipinski definition) is 1. The zero-order chi connectivity index (χ0) is 16.0. The van der Waals surface area contributed by atoms with E-state index in [1.54, 1.807) is 5.57 Å². The van der Waals surface area contributed by atoms with Gasteiger partial charge in [0.2, 0.25) is 0 Å². The Hall–Kier alpha value is -0.790. The Morgan fingerprint density at radius 3 is 2.14 bits per heavy atom. The lowest BCUT2D eigenvalue weighted by Gasteiger charge is -2.42. The van der Waals surface area contributed by atoms with Crippen LogP contribution in [-0.2, 0) is 0 Å². The summed E-state index contributed by atoms with van der Waals surface area (Å²) < 4.78 is 0. The van der Waals surface area contributed by atoms with Crippen LogP contribution in [0, 0.1) is 46.3 Å². The van der Waals surface area contributed by atoms with Crippen molar-refractivity contribution in [1.29, 1.82) is 0 Å².